The van der Waals surface area contributed by atoms with Gasteiger partial charge in [-0.25, -0.2) is 18.4 Å². The predicted octanol–water partition coefficient (Wildman–Crippen LogP) is 3.65. The van der Waals surface area contributed by atoms with Gasteiger partial charge < -0.3 is 5.32 Å². The lowest BCUT2D eigenvalue weighted by atomic mass is 9.78. The van der Waals surface area contributed by atoms with E-state index in [4.69, 9.17) is 0 Å². The zero-order chi connectivity index (χ0) is 18.7. The van der Waals surface area contributed by atoms with Crippen LogP contribution < -0.4 is 5.32 Å². The molecule has 1 aliphatic carbocycles. The van der Waals surface area contributed by atoms with Crippen molar-refractivity contribution >= 4 is 5.91 Å². The maximum atomic E-state index is 14.3. The fourth-order valence-corrected chi connectivity index (χ4v) is 3.63. The first-order valence-corrected chi connectivity index (χ1v) is 9.18. The number of aryl methyl sites for hydroxylation is 1. The Kier molecular flexibility index (Phi) is 5.64. The molecule has 1 amide bonds. The maximum Gasteiger partial charge on any atom is 0.223 e. The Morgan fingerprint density at radius 2 is 2.08 bits per heavy atom. The van der Waals surface area contributed by atoms with Gasteiger partial charge in [0.2, 0.25) is 5.91 Å². The fourth-order valence-electron chi connectivity index (χ4n) is 3.63. The first-order chi connectivity index (χ1) is 12.5. The van der Waals surface area contributed by atoms with Crippen LogP contribution in [-0.4, -0.2) is 27.2 Å². The zero-order valence-corrected chi connectivity index (χ0v) is 15.1. The molecule has 0 spiro atoms. The predicted molar refractivity (Wildman–Crippen MR) is 94.0 cm³/mol. The van der Waals surface area contributed by atoms with Crippen molar-refractivity contribution < 1.29 is 13.6 Å². The van der Waals surface area contributed by atoms with Crippen molar-refractivity contribution in [1.29, 1.82) is 0 Å². The fraction of sp³-hybridized carbons (Fsp3) is 0.526. The van der Waals surface area contributed by atoms with Gasteiger partial charge in [0.05, 0.1) is 0 Å². The van der Waals surface area contributed by atoms with E-state index in [0.717, 1.165) is 38.2 Å². The normalized spacial score (nSPS) is 20.2. The van der Waals surface area contributed by atoms with Crippen LogP contribution in [0.1, 0.15) is 56.6 Å². The summed E-state index contributed by atoms with van der Waals surface area (Å²) in [6.07, 6.45) is 4.42. The minimum atomic E-state index is -0.695. The van der Waals surface area contributed by atoms with Crippen molar-refractivity contribution in [2.45, 2.75) is 51.9 Å². The molecule has 1 fully saturated rings. The van der Waals surface area contributed by atoms with Gasteiger partial charge in [0.15, 0.2) is 5.82 Å². The molecule has 0 aliphatic heterocycles. The first-order valence-electron chi connectivity index (χ1n) is 9.18. The number of rotatable bonds is 5. The molecule has 7 heteroatoms. The van der Waals surface area contributed by atoms with Crippen molar-refractivity contribution in [1.82, 2.24) is 20.1 Å². The third-order valence-electron chi connectivity index (χ3n) is 4.86. The molecule has 1 aromatic heterocycles. The third-order valence-corrected chi connectivity index (χ3v) is 4.86. The second-order valence-corrected chi connectivity index (χ2v) is 6.81. The van der Waals surface area contributed by atoms with Gasteiger partial charge in [-0.1, -0.05) is 19.8 Å². The topological polar surface area (TPSA) is 59.8 Å². The van der Waals surface area contributed by atoms with E-state index in [9.17, 15) is 13.6 Å². The van der Waals surface area contributed by atoms with Gasteiger partial charge in [0.25, 0.3) is 0 Å². The summed E-state index contributed by atoms with van der Waals surface area (Å²) in [5.41, 5.74) is 0.153. The minimum Gasteiger partial charge on any atom is -0.356 e. The number of halogens is 2. The lowest BCUT2D eigenvalue weighted by Crippen LogP contribution is -2.37. The molecule has 2 aromatic rings. The molecule has 1 N–H and O–H groups in total. The highest BCUT2D eigenvalue weighted by atomic mass is 19.1. The number of carbonyl (C=O) groups is 1. The molecular formula is C19H24F2N4O. The number of aromatic nitrogens is 3. The average molecular weight is 362 g/mol. The van der Waals surface area contributed by atoms with E-state index in [-0.39, 0.29) is 23.4 Å². The van der Waals surface area contributed by atoms with Crippen LogP contribution in [0.15, 0.2) is 18.2 Å². The average Bonchev–Trinajstić information content (AvgIpc) is 3.01. The number of hydrogen-bond donors (Lipinski definition) is 1. The molecule has 140 valence electrons. The third kappa shape index (κ3) is 3.76. The molecule has 5 nitrogen and oxygen atoms in total. The van der Waals surface area contributed by atoms with Crippen molar-refractivity contribution in [2.75, 3.05) is 6.54 Å². The second kappa shape index (κ2) is 7.93. The first kappa shape index (κ1) is 18.5. The van der Waals surface area contributed by atoms with Crippen LogP contribution in [0, 0.1) is 24.5 Å². The van der Waals surface area contributed by atoms with Crippen LogP contribution in [0.25, 0.3) is 5.69 Å². The Bertz CT molecular complexity index is 790. The Balaban J connectivity index is 1.98. The highest BCUT2D eigenvalue weighted by Gasteiger charge is 2.35. The molecule has 0 radical (unpaired) electrons. The summed E-state index contributed by atoms with van der Waals surface area (Å²) in [6.45, 7) is 4.38. The Labute approximate surface area is 151 Å². The van der Waals surface area contributed by atoms with E-state index < -0.39 is 11.6 Å². The molecule has 26 heavy (non-hydrogen) atoms. The smallest absolute Gasteiger partial charge is 0.223 e. The second-order valence-electron chi connectivity index (χ2n) is 6.81. The van der Waals surface area contributed by atoms with Crippen LogP contribution in [0.4, 0.5) is 8.78 Å². The largest absolute Gasteiger partial charge is 0.356 e. The quantitative estimate of drug-likeness (QED) is 0.883. The summed E-state index contributed by atoms with van der Waals surface area (Å²) in [7, 11) is 0. The summed E-state index contributed by atoms with van der Waals surface area (Å²) >= 11 is 0. The van der Waals surface area contributed by atoms with Gasteiger partial charge in [-0.3, -0.25) is 4.79 Å². The van der Waals surface area contributed by atoms with Crippen LogP contribution >= 0.6 is 0 Å². The molecule has 1 saturated carbocycles. The Morgan fingerprint density at radius 3 is 2.81 bits per heavy atom. The number of hydrogen-bond acceptors (Lipinski definition) is 3. The Hall–Kier alpha value is -2.31. The molecule has 0 bridgehead atoms. The monoisotopic (exact) mass is 362 g/mol. The number of nitrogens with one attached hydrogen (secondary N) is 1. The van der Waals surface area contributed by atoms with Gasteiger partial charge in [-0.05, 0) is 38.3 Å². The Morgan fingerprint density at radius 1 is 1.31 bits per heavy atom. The highest BCUT2D eigenvalue weighted by Crippen LogP contribution is 2.38. The minimum absolute atomic E-state index is 0.0170. The maximum absolute atomic E-state index is 14.3. The number of amides is 1. The van der Waals surface area contributed by atoms with Crippen LogP contribution in [-0.2, 0) is 4.79 Å². The number of carbonyl (C=O) groups excluding carboxylic acids is 1. The van der Waals surface area contributed by atoms with Crippen molar-refractivity contribution in [3.05, 3.63) is 41.5 Å². The summed E-state index contributed by atoms with van der Waals surface area (Å²) in [4.78, 5) is 17.1. The number of nitrogens with zero attached hydrogens (tertiary/aromatic N) is 3. The van der Waals surface area contributed by atoms with Gasteiger partial charge in [0, 0.05) is 24.4 Å². The van der Waals surface area contributed by atoms with E-state index >= 15 is 0 Å². The van der Waals surface area contributed by atoms with Crippen LogP contribution in [0.5, 0.6) is 0 Å². The molecule has 1 heterocycles. The molecule has 2 atom stereocenters. The molecule has 3 rings (SSSR count). The lowest BCUT2D eigenvalue weighted by molar-refractivity contribution is -0.126. The zero-order valence-electron chi connectivity index (χ0n) is 15.1. The molecule has 0 saturated heterocycles. The number of benzene rings is 1. The van der Waals surface area contributed by atoms with Crippen molar-refractivity contribution in [3.8, 4) is 5.69 Å². The van der Waals surface area contributed by atoms with Crippen molar-refractivity contribution in [2.24, 2.45) is 5.92 Å². The summed E-state index contributed by atoms with van der Waals surface area (Å²) in [5.74, 6) is -0.583. The molecule has 1 aromatic carbocycles. The van der Waals surface area contributed by atoms with E-state index in [2.05, 4.69) is 15.4 Å². The van der Waals surface area contributed by atoms with Gasteiger partial charge in [0.1, 0.15) is 23.2 Å². The SMILES string of the molecule is CCCNC(=O)[C@H]1CCCC[C@H]1c1nc(C)nn1-c1ccc(F)cc1F. The van der Waals surface area contributed by atoms with E-state index in [1.54, 1.807) is 6.92 Å². The van der Waals surface area contributed by atoms with E-state index in [1.807, 2.05) is 6.92 Å². The van der Waals surface area contributed by atoms with Gasteiger partial charge in [-0.2, -0.15) is 5.10 Å². The van der Waals surface area contributed by atoms with Gasteiger partial charge >= 0.3 is 0 Å². The van der Waals surface area contributed by atoms with E-state index in [0.29, 0.717) is 18.2 Å². The molecular weight excluding hydrogens is 338 g/mol. The summed E-state index contributed by atoms with van der Waals surface area (Å²) in [5, 5.41) is 7.28. The summed E-state index contributed by atoms with van der Waals surface area (Å²) < 4.78 is 29.0. The van der Waals surface area contributed by atoms with Gasteiger partial charge in [-0.15, -0.1) is 0 Å². The lowest BCUT2D eigenvalue weighted by Gasteiger charge is -2.30. The van der Waals surface area contributed by atoms with Crippen LogP contribution in [0.3, 0.4) is 0 Å². The highest BCUT2D eigenvalue weighted by molar-refractivity contribution is 5.79. The van der Waals surface area contributed by atoms with E-state index in [1.165, 1.54) is 16.8 Å². The summed E-state index contributed by atoms with van der Waals surface area (Å²) in [6, 6.07) is 3.39. The standard InChI is InChI=1S/C19H24F2N4O/c1-3-10-22-19(26)15-7-5-4-6-14(15)18-23-12(2)24-25(18)17-9-8-13(20)11-16(17)21/h8-9,11,14-15H,3-7,10H2,1-2H3,(H,22,26)/t14-,15+/m1/s1. The molecule has 0 unspecified atom stereocenters. The van der Waals surface area contributed by atoms with Crippen molar-refractivity contribution in [3.63, 3.8) is 0 Å². The molecule has 1 aliphatic rings. The van der Waals surface area contributed by atoms with Crippen LogP contribution in [0.2, 0.25) is 0 Å².